The predicted molar refractivity (Wildman–Crippen MR) is 83.8 cm³/mol. The SMILES string of the molecule is Cc1noc2c(Br)nn([C@H](C)c3ccc(C(F)(F)F)cc3)c(=O)c12. The van der Waals surface area contributed by atoms with Gasteiger partial charge in [0.15, 0.2) is 4.60 Å². The largest absolute Gasteiger partial charge is 0.416 e. The third-order valence-electron chi connectivity index (χ3n) is 3.75. The number of rotatable bonds is 2. The van der Waals surface area contributed by atoms with Crippen molar-refractivity contribution in [1.82, 2.24) is 14.9 Å². The van der Waals surface area contributed by atoms with Crippen molar-refractivity contribution in [2.75, 3.05) is 0 Å². The van der Waals surface area contributed by atoms with Gasteiger partial charge in [0.2, 0.25) is 5.58 Å². The molecule has 24 heavy (non-hydrogen) atoms. The minimum absolute atomic E-state index is 0.244. The second-order valence-electron chi connectivity index (χ2n) is 5.31. The summed E-state index contributed by atoms with van der Waals surface area (Å²) in [5.41, 5.74) is 0.0300. The van der Waals surface area contributed by atoms with Crippen LogP contribution < -0.4 is 5.56 Å². The number of aromatic nitrogens is 3. The van der Waals surface area contributed by atoms with Gasteiger partial charge in [-0.15, -0.1) is 0 Å². The summed E-state index contributed by atoms with van der Waals surface area (Å²) in [7, 11) is 0. The van der Waals surface area contributed by atoms with Crippen molar-refractivity contribution in [2.45, 2.75) is 26.1 Å². The summed E-state index contributed by atoms with van der Waals surface area (Å²) in [6.45, 7) is 3.31. The number of halogens is 4. The summed E-state index contributed by atoms with van der Waals surface area (Å²) in [6.07, 6.45) is -4.40. The highest BCUT2D eigenvalue weighted by molar-refractivity contribution is 9.10. The van der Waals surface area contributed by atoms with Gasteiger partial charge < -0.3 is 4.52 Å². The average molecular weight is 402 g/mol. The topological polar surface area (TPSA) is 60.9 Å². The fourth-order valence-corrected chi connectivity index (χ4v) is 2.86. The van der Waals surface area contributed by atoms with E-state index < -0.39 is 23.3 Å². The molecule has 0 unspecified atom stereocenters. The lowest BCUT2D eigenvalue weighted by Gasteiger charge is -2.15. The average Bonchev–Trinajstić information content (AvgIpc) is 2.92. The second kappa shape index (κ2) is 5.73. The highest BCUT2D eigenvalue weighted by Gasteiger charge is 2.30. The molecule has 0 radical (unpaired) electrons. The summed E-state index contributed by atoms with van der Waals surface area (Å²) < 4.78 is 44.5. The molecule has 0 saturated heterocycles. The smallest absolute Gasteiger partial charge is 0.353 e. The first kappa shape index (κ1) is 16.7. The first-order chi connectivity index (χ1) is 11.2. The molecule has 0 aliphatic rings. The molecule has 0 amide bonds. The van der Waals surface area contributed by atoms with Crippen molar-refractivity contribution in [1.29, 1.82) is 0 Å². The van der Waals surface area contributed by atoms with E-state index in [0.29, 0.717) is 15.9 Å². The number of hydrogen-bond acceptors (Lipinski definition) is 4. The van der Waals surface area contributed by atoms with E-state index in [1.54, 1.807) is 13.8 Å². The van der Waals surface area contributed by atoms with Crippen LogP contribution in [-0.4, -0.2) is 14.9 Å². The van der Waals surface area contributed by atoms with Gasteiger partial charge in [-0.2, -0.15) is 18.3 Å². The van der Waals surface area contributed by atoms with E-state index in [0.717, 1.165) is 12.1 Å². The Morgan fingerprint density at radius 2 is 1.88 bits per heavy atom. The molecule has 3 aromatic rings. The molecule has 1 atom stereocenters. The van der Waals surface area contributed by atoms with E-state index >= 15 is 0 Å². The highest BCUT2D eigenvalue weighted by Crippen LogP contribution is 2.30. The zero-order chi connectivity index (χ0) is 17.6. The summed E-state index contributed by atoms with van der Waals surface area (Å²) in [4.78, 5) is 12.6. The van der Waals surface area contributed by atoms with Crippen LogP contribution in [-0.2, 0) is 6.18 Å². The van der Waals surface area contributed by atoms with Crippen LogP contribution in [0.2, 0.25) is 0 Å². The number of fused-ring (bicyclic) bond motifs is 1. The minimum Gasteiger partial charge on any atom is -0.353 e. The van der Waals surface area contributed by atoms with Crippen LogP contribution in [0, 0.1) is 6.92 Å². The summed E-state index contributed by atoms with van der Waals surface area (Å²) in [5.74, 6) is 0. The Hall–Kier alpha value is -2.16. The van der Waals surface area contributed by atoms with E-state index in [1.807, 2.05) is 0 Å². The first-order valence-electron chi connectivity index (χ1n) is 6.91. The van der Waals surface area contributed by atoms with Crippen LogP contribution in [0.25, 0.3) is 11.0 Å². The van der Waals surface area contributed by atoms with E-state index in [-0.39, 0.29) is 11.0 Å². The number of hydrogen-bond donors (Lipinski definition) is 0. The highest BCUT2D eigenvalue weighted by atomic mass is 79.9. The van der Waals surface area contributed by atoms with Crippen molar-refractivity contribution in [2.24, 2.45) is 0 Å². The zero-order valence-electron chi connectivity index (χ0n) is 12.6. The molecule has 3 rings (SSSR count). The predicted octanol–water partition coefficient (Wildman–Crippen LogP) is 4.08. The van der Waals surface area contributed by atoms with Gasteiger partial charge in [0.25, 0.3) is 5.56 Å². The minimum atomic E-state index is -4.40. The number of aryl methyl sites for hydroxylation is 1. The van der Waals surface area contributed by atoms with Gasteiger partial charge in [-0.1, -0.05) is 17.3 Å². The van der Waals surface area contributed by atoms with Gasteiger partial charge >= 0.3 is 6.18 Å². The molecule has 9 heteroatoms. The molecule has 0 saturated carbocycles. The maximum Gasteiger partial charge on any atom is 0.416 e. The molecule has 2 aromatic heterocycles. The molecule has 1 aromatic carbocycles. The van der Waals surface area contributed by atoms with Crippen molar-refractivity contribution >= 4 is 26.9 Å². The zero-order valence-corrected chi connectivity index (χ0v) is 14.1. The molecule has 2 heterocycles. The monoisotopic (exact) mass is 401 g/mol. The Morgan fingerprint density at radius 3 is 2.46 bits per heavy atom. The lowest BCUT2D eigenvalue weighted by Crippen LogP contribution is -2.27. The van der Waals surface area contributed by atoms with Crippen molar-refractivity contribution in [3.05, 3.63) is 56.0 Å². The summed E-state index contributed by atoms with van der Waals surface area (Å²) >= 11 is 3.22. The Labute approximate surface area is 142 Å². The van der Waals surface area contributed by atoms with Gasteiger partial charge in [0, 0.05) is 0 Å². The fourth-order valence-electron chi connectivity index (χ4n) is 2.42. The Bertz CT molecular complexity index is 961. The maximum atomic E-state index is 12.7. The normalized spacial score (nSPS) is 13.4. The molecule has 0 bridgehead atoms. The standard InChI is InChI=1S/C15H11BrF3N3O2/c1-7-11-12(24-21-7)13(16)20-22(14(11)23)8(2)9-3-5-10(6-4-9)15(17,18)19/h3-6,8H,1-2H3/t8-/m1/s1. The van der Waals surface area contributed by atoms with Gasteiger partial charge in [0.1, 0.15) is 5.39 Å². The molecule has 5 nitrogen and oxygen atoms in total. The molecule has 126 valence electrons. The molecular weight excluding hydrogens is 391 g/mol. The summed E-state index contributed by atoms with van der Waals surface area (Å²) in [5, 5.41) is 8.16. The lowest BCUT2D eigenvalue weighted by molar-refractivity contribution is -0.137. The van der Waals surface area contributed by atoms with Crippen LogP contribution >= 0.6 is 15.9 Å². The van der Waals surface area contributed by atoms with E-state index in [9.17, 15) is 18.0 Å². The van der Waals surface area contributed by atoms with Crippen molar-refractivity contribution in [3.63, 3.8) is 0 Å². The van der Waals surface area contributed by atoms with Gasteiger partial charge in [-0.25, -0.2) is 4.68 Å². The van der Waals surface area contributed by atoms with Crippen LogP contribution in [0.5, 0.6) is 0 Å². The maximum absolute atomic E-state index is 12.7. The number of benzene rings is 1. The quantitative estimate of drug-likeness (QED) is 0.648. The molecule has 0 fully saturated rings. The van der Waals surface area contributed by atoms with Crippen LogP contribution in [0.3, 0.4) is 0 Å². The lowest BCUT2D eigenvalue weighted by atomic mass is 10.1. The number of alkyl halides is 3. The van der Waals surface area contributed by atoms with Crippen LogP contribution in [0.15, 0.2) is 38.2 Å². The third-order valence-corrected chi connectivity index (χ3v) is 4.27. The summed E-state index contributed by atoms with van der Waals surface area (Å²) in [6, 6.07) is 4.07. The van der Waals surface area contributed by atoms with Crippen molar-refractivity contribution in [3.8, 4) is 0 Å². The van der Waals surface area contributed by atoms with Crippen molar-refractivity contribution < 1.29 is 17.7 Å². The van der Waals surface area contributed by atoms with E-state index in [4.69, 9.17) is 4.52 Å². The van der Waals surface area contributed by atoms with Gasteiger partial charge in [-0.3, -0.25) is 4.79 Å². The Balaban J connectivity index is 2.09. The molecular formula is C15H11BrF3N3O2. The van der Waals surface area contributed by atoms with Crippen LogP contribution in [0.4, 0.5) is 13.2 Å². The second-order valence-corrected chi connectivity index (χ2v) is 6.06. The molecule has 0 spiro atoms. The molecule has 0 aliphatic heterocycles. The third kappa shape index (κ3) is 2.72. The van der Waals surface area contributed by atoms with Gasteiger partial charge in [0.05, 0.1) is 17.3 Å². The fraction of sp³-hybridized carbons (Fsp3) is 0.267. The van der Waals surface area contributed by atoms with E-state index in [1.165, 1.54) is 16.8 Å². The first-order valence-corrected chi connectivity index (χ1v) is 7.71. The van der Waals surface area contributed by atoms with Crippen LogP contribution in [0.1, 0.15) is 29.8 Å². The number of nitrogens with zero attached hydrogens (tertiary/aromatic N) is 3. The van der Waals surface area contributed by atoms with Gasteiger partial charge in [-0.05, 0) is 47.5 Å². The van der Waals surface area contributed by atoms with E-state index in [2.05, 4.69) is 26.2 Å². The molecule has 0 N–H and O–H groups in total. The Morgan fingerprint density at radius 1 is 1.25 bits per heavy atom. The molecule has 0 aliphatic carbocycles. The Kier molecular flexibility index (Phi) is 3.98.